The highest BCUT2D eigenvalue weighted by Crippen LogP contribution is 2.23. The molecule has 1 saturated carbocycles. The Kier molecular flexibility index (Phi) is 6.84. The number of likely N-dealkylation sites (N-methyl/N-ethyl adjacent to an activating group) is 1. The molecule has 1 amide bonds. The molecule has 110 valence electrons. The van der Waals surface area contributed by atoms with Crippen molar-refractivity contribution < 1.29 is 14.3 Å². The summed E-state index contributed by atoms with van der Waals surface area (Å²) in [6.45, 7) is 3.08. The smallest absolute Gasteiger partial charge is 0.306 e. The molecule has 0 radical (unpaired) electrons. The average molecular weight is 270 g/mol. The minimum Gasteiger partial charge on any atom is -0.469 e. The number of nitrogens with one attached hydrogen (secondary N) is 1. The molecular weight excluding hydrogens is 244 g/mol. The fourth-order valence-corrected chi connectivity index (χ4v) is 2.49. The van der Waals surface area contributed by atoms with Gasteiger partial charge in [-0.05, 0) is 25.8 Å². The highest BCUT2D eigenvalue weighted by Gasteiger charge is 2.23. The zero-order valence-corrected chi connectivity index (χ0v) is 12.3. The first-order valence-corrected chi connectivity index (χ1v) is 7.07. The second-order valence-electron chi connectivity index (χ2n) is 5.50. The van der Waals surface area contributed by atoms with Gasteiger partial charge in [0.15, 0.2) is 0 Å². The molecule has 2 unspecified atom stereocenters. The number of amides is 1. The van der Waals surface area contributed by atoms with Crippen LogP contribution in [0, 0.1) is 5.92 Å². The van der Waals surface area contributed by atoms with Crippen LogP contribution < -0.4 is 5.32 Å². The van der Waals surface area contributed by atoms with Crippen molar-refractivity contribution >= 4 is 11.9 Å². The molecule has 19 heavy (non-hydrogen) atoms. The number of hydrogen-bond donors (Lipinski definition) is 1. The van der Waals surface area contributed by atoms with Gasteiger partial charge >= 0.3 is 5.97 Å². The van der Waals surface area contributed by atoms with Crippen LogP contribution in [0.4, 0.5) is 0 Å². The molecule has 0 heterocycles. The lowest BCUT2D eigenvalue weighted by atomic mass is 9.86. The Balaban J connectivity index is 2.24. The Hall–Kier alpha value is -1.10. The maximum absolute atomic E-state index is 11.9. The molecule has 0 aromatic heterocycles. The van der Waals surface area contributed by atoms with Crippen molar-refractivity contribution in [3.8, 4) is 0 Å². The van der Waals surface area contributed by atoms with Gasteiger partial charge in [0.05, 0.1) is 20.1 Å². The number of rotatable bonds is 6. The zero-order chi connectivity index (χ0) is 14.3. The molecule has 0 bridgehead atoms. The van der Waals surface area contributed by atoms with Gasteiger partial charge in [0, 0.05) is 12.6 Å². The van der Waals surface area contributed by atoms with Crippen molar-refractivity contribution in [2.45, 2.75) is 45.1 Å². The van der Waals surface area contributed by atoms with Crippen LogP contribution in [0.25, 0.3) is 0 Å². The van der Waals surface area contributed by atoms with Crippen LogP contribution >= 0.6 is 0 Å². The molecule has 0 spiro atoms. The molecule has 0 aliphatic heterocycles. The van der Waals surface area contributed by atoms with Crippen molar-refractivity contribution in [1.82, 2.24) is 10.2 Å². The lowest BCUT2D eigenvalue weighted by Crippen LogP contribution is -2.45. The van der Waals surface area contributed by atoms with Gasteiger partial charge in [0.2, 0.25) is 5.91 Å². The van der Waals surface area contributed by atoms with Gasteiger partial charge in [0.1, 0.15) is 0 Å². The lowest BCUT2D eigenvalue weighted by molar-refractivity contribution is -0.141. The van der Waals surface area contributed by atoms with E-state index < -0.39 is 0 Å². The number of hydrogen-bond acceptors (Lipinski definition) is 4. The summed E-state index contributed by atoms with van der Waals surface area (Å²) in [5, 5.41) is 3.10. The summed E-state index contributed by atoms with van der Waals surface area (Å²) >= 11 is 0. The summed E-state index contributed by atoms with van der Waals surface area (Å²) in [6, 6.07) is 0.315. The molecule has 1 fully saturated rings. The maximum Gasteiger partial charge on any atom is 0.306 e. The molecule has 0 saturated heterocycles. The van der Waals surface area contributed by atoms with Crippen LogP contribution in [-0.4, -0.2) is 50.1 Å². The molecular formula is C14H26N2O3. The van der Waals surface area contributed by atoms with Crippen molar-refractivity contribution in [2.24, 2.45) is 5.92 Å². The molecule has 1 rings (SSSR count). The highest BCUT2D eigenvalue weighted by molar-refractivity contribution is 5.78. The van der Waals surface area contributed by atoms with Gasteiger partial charge in [0.25, 0.3) is 0 Å². The standard InChI is InChI=1S/C14H26N2O3/c1-11-6-4-5-7-12(11)15-13(17)10-16(2)9-8-14(18)19-3/h11-12H,4-10H2,1-3H3,(H,15,17). The number of carbonyl (C=O) groups is 2. The van der Waals surface area contributed by atoms with Crippen LogP contribution in [-0.2, 0) is 14.3 Å². The maximum atomic E-state index is 11.9. The minimum absolute atomic E-state index is 0.0473. The van der Waals surface area contributed by atoms with Gasteiger partial charge in [-0.15, -0.1) is 0 Å². The molecule has 5 nitrogen and oxygen atoms in total. The Morgan fingerprint density at radius 2 is 2.00 bits per heavy atom. The second-order valence-corrected chi connectivity index (χ2v) is 5.50. The molecule has 1 aliphatic carbocycles. The fraction of sp³-hybridized carbons (Fsp3) is 0.857. The van der Waals surface area contributed by atoms with Crippen LogP contribution in [0.5, 0.6) is 0 Å². The summed E-state index contributed by atoms with van der Waals surface area (Å²) in [4.78, 5) is 24.8. The number of nitrogens with zero attached hydrogens (tertiary/aromatic N) is 1. The Bertz CT molecular complexity index is 307. The van der Waals surface area contributed by atoms with Crippen molar-refractivity contribution in [2.75, 3.05) is 27.2 Å². The fourth-order valence-electron chi connectivity index (χ4n) is 2.49. The number of esters is 1. The predicted octanol–water partition coefficient (Wildman–Crippen LogP) is 1.18. The predicted molar refractivity (Wildman–Crippen MR) is 73.7 cm³/mol. The highest BCUT2D eigenvalue weighted by atomic mass is 16.5. The third kappa shape index (κ3) is 6.05. The van der Waals surface area contributed by atoms with E-state index in [1.165, 1.54) is 26.4 Å². The van der Waals surface area contributed by atoms with Crippen LogP contribution in [0.15, 0.2) is 0 Å². The van der Waals surface area contributed by atoms with Crippen LogP contribution in [0.3, 0.4) is 0 Å². The summed E-state index contributed by atoms with van der Waals surface area (Å²) < 4.78 is 4.58. The monoisotopic (exact) mass is 270 g/mol. The van der Waals surface area contributed by atoms with E-state index in [4.69, 9.17) is 0 Å². The molecule has 1 aliphatic rings. The topological polar surface area (TPSA) is 58.6 Å². The summed E-state index contributed by atoms with van der Waals surface area (Å²) in [7, 11) is 3.21. The first-order chi connectivity index (χ1) is 9.02. The van der Waals surface area contributed by atoms with Gasteiger partial charge in [-0.2, -0.15) is 0 Å². The Labute approximate surface area is 115 Å². The van der Waals surface area contributed by atoms with E-state index in [-0.39, 0.29) is 11.9 Å². The van der Waals surface area contributed by atoms with Gasteiger partial charge in [-0.25, -0.2) is 0 Å². The quantitative estimate of drug-likeness (QED) is 0.736. The van der Waals surface area contributed by atoms with Crippen molar-refractivity contribution in [3.63, 3.8) is 0 Å². The van der Waals surface area contributed by atoms with Crippen molar-refractivity contribution in [1.29, 1.82) is 0 Å². The van der Waals surface area contributed by atoms with Gasteiger partial charge in [-0.1, -0.05) is 19.8 Å². The number of methoxy groups -OCH3 is 1. The van der Waals surface area contributed by atoms with Crippen LogP contribution in [0.2, 0.25) is 0 Å². The third-order valence-corrected chi connectivity index (χ3v) is 3.80. The van der Waals surface area contributed by atoms with E-state index in [1.54, 1.807) is 0 Å². The van der Waals surface area contributed by atoms with Crippen LogP contribution in [0.1, 0.15) is 39.0 Å². The number of carbonyl (C=O) groups excluding carboxylic acids is 2. The molecule has 0 aromatic rings. The Morgan fingerprint density at radius 1 is 1.32 bits per heavy atom. The molecule has 0 aromatic carbocycles. The van der Waals surface area contributed by atoms with E-state index >= 15 is 0 Å². The van der Waals surface area contributed by atoms with E-state index in [0.717, 1.165) is 6.42 Å². The van der Waals surface area contributed by atoms with E-state index in [0.29, 0.717) is 31.5 Å². The third-order valence-electron chi connectivity index (χ3n) is 3.80. The first-order valence-electron chi connectivity index (χ1n) is 7.07. The normalized spacial score (nSPS) is 23.2. The minimum atomic E-state index is -0.242. The Morgan fingerprint density at radius 3 is 2.63 bits per heavy atom. The summed E-state index contributed by atoms with van der Waals surface area (Å²) in [6.07, 6.45) is 5.07. The number of ether oxygens (including phenoxy) is 1. The van der Waals surface area contributed by atoms with Gasteiger partial charge < -0.3 is 10.1 Å². The molecule has 1 N–H and O–H groups in total. The van der Waals surface area contributed by atoms with E-state index in [2.05, 4.69) is 17.0 Å². The largest absolute Gasteiger partial charge is 0.469 e. The molecule has 5 heteroatoms. The zero-order valence-electron chi connectivity index (χ0n) is 12.3. The SMILES string of the molecule is COC(=O)CCN(C)CC(=O)NC1CCCCC1C. The first kappa shape index (κ1) is 16.0. The van der Waals surface area contributed by atoms with Crippen molar-refractivity contribution in [3.05, 3.63) is 0 Å². The van der Waals surface area contributed by atoms with E-state index in [1.807, 2.05) is 11.9 Å². The van der Waals surface area contributed by atoms with Gasteiger partial charge in [-0.3, -0.25) is 14.5 Å². The lowest BCUT2D eigenvalue weighted by Gasteiger charge is -2.30. The second kappa shape index (κ2) is 8.15. The summed E-state index contributed by atoms with van der Waals surface area (Å²) in [5.41, 5.74) is 0. The summed E-state index contributed by atoms with van der Waals surface area (Å²) in [5.74, 6) is 0.373. The van der Waals surface area contributed by atoms with E-state index in [9.17, 15) is 9.59 Å². The molecule has 2 atom stereocenters. The average Bonchev–Trinajstić information content (AvgIpc) is 2.38.